The molecule has 0 saturated carbocycles. The van der Waals surface area contributed by atoms with E-state index in [0.29, 0.717) is 0 Å². The van der Waals surface area contributed by atoms with Crippen LogP contribution in [0.5, 0.6) is 11.5 Å². The van der Waals surface area contributed by atoms with Crippen molar-refractivity contribution in [3.8, 4) is 11.5 Å². The Morgan fingerprint density at radius 2 is 1.00 bits per heavy atom. The summed E-state index contributed by atoms with van der Waals surface area (Å²) < 4.78 is 142. The van der Waals surface area contributed by atoms with Gasteiger partial charge in [-0.3, -0.25) is 18.2 Å². The molecule has 5 aromatic rings. The molecule has 7 N–H and O–H groups in total. The maximum atomic E-state index is 11.8. The van der Waals surface area contributed by atoms with Crippen molar-refractivity contribution in [2.45, 2.75) is 29.6 Å². The molecule has 0 aliphatic rings. The molecule has 1 aromatic heterocycles. The number of aliphatic hydroxyl groups excluding tert-OH is 1. The Bertz CT molecular complexity index is 3060. The Kier molecular flexibility index (Phi) is 19.0. The summed E-state index contributed by atoms with van der Waals surface area (Å²) in [6, 6.07) is 12.0. The van der Waals surface area contributed by atoms with Crippen molar-refractivity contribution in [1.82, 2.24) is 15.0 Å². The molecule has 1 heterocycles. The predicted molar refractivity (Wildman–Crippen MR) is 258 cm³/mol. The first-order chi connectivity index (χ1) is 32.7. The fourth-order valence-corrected chi connectivity index (χ4v) is 8.98. The van der Waals surface area contributed by atoms with Gasteiger partial charge < -0.3 is 30.1 Å². The summed E-state index contributed by atoms with van der Waals surface area (Å²) in [4.78, 5) is 13.7. The quantitative estimate of drug-likeness (QED) is 0.0173. The SMILES string of the molecule is CCN(CCO)c1nc(Nc2cc(Cl)c(N=Nc3ccc(Cl)c(S(=O)(=O)O)c3)cc2OCCCS(=O)(=O)O)nc(Nc2cc(Cl)c(N=Nc3ccc(Cl)c(S(=O)(=O)O)c3)cc2OCCCS(=O)(=O)O)n1. The average Bonchev–Trinajstić information content (AvgIpc) is 3.25. The number of likely N-dealkylation sites (N-methyl/N-ethyl adjacent to an activating group) is 1. The molecule has 378 valence electrons. The van der Waals surface area contributed by atoms with Crippen molar-refractivity contribution in [3.05, 3.63) is 80.8 Å². The third-order valence-corrected chi connectivity index (χ3v) is 13.7. The van der Waals surface area contributed by atoms with Gasteiger partial charge in [-0.25, -0.2) is 0 Å². The van der Waals surface area contributed by atoms with E-state index >= 15 is 0 Å². The second kappa shape index (κ2) is 23.8. The number of rotatable bonds is 24. The average molecular weight is 1130 g/mol. The van der Waals surface area contributed by atoms with Gasteiger partial charge in [0.25, 0.3) is 40.5 Å². The van der Waals surface area contributed by atoms with Gasteiger partial charge in [-0.1, -0.05) is 46.4 Å². The first-order valence-electron chi connectivity index (χ1n) is 19.6. The highest BCUT2D eigenvalue weighted by Crippen LogP contribution is 2.41. The van der Waals surface area contributed by atoms with Crippen LogP contribution < -0.4 is 25.0 Å². The topological polar surface area (TPSA) is 372 Å². The maximum Gasteiger partial charge on any atom is 0.296 e. The van der Waals surface area contributed by atoms with Crippen LogP contribution >= 0.6 is 46.4 Å². The highest BCUT2D eigenvalue weighted by Gasteiger charge is 2.21. The van der Waals surface area contributed by atoms with E-state index in [4.69, 9.17) is 55.9 Å². The number of ether oxygens (including phenoxy) is 2. The van der Waals surface area contributed by atoms with Crippen molar-refractivity contribution in [3.63, 3.8) is 0 Å². The fraction of sp³-hybridized carbons (Fsp3) is 0.270. The van der Waals surface area contributed by atoms with Crippen LogP contribution in [0.3, 0.4) is 0 Å². The zero-order valence-electron chi connectivity index (χ0n) is 35.7. The van der Waals surface area contributed by atoms with E-state index in [-0.39, 0.29) is 129 Å². The molecular weight excluding hydrogens is 1090 g/mol. The molecule has 0 atom stereocenters. The lowest BCUT2D eigenvalue weighted by Crippen LogP contribution is -2.28. The van der Waals surface area contributed by atoms with Crippen LogP contribution in [0, 0.1) is 0 Å². The van der Waals surface area contributed by atoms with E-state index in [2.05, 4.69) is 46.0 Å². The van der Waals surface area contributed by atoms with Gasteiger partial charge in [-0.05, 0) is 68.3 Å². The van der Waals surface area contributed by atoms with Gasteiger partial charge in [0.1, 0.15) is 32.7 Å². The monoisotopic (exact) mass is 1130 g/mol. The number of benzene rings is 4. The number of anilines is 5. The zero-order valence-corrected chi connectivity index (χ0v) is 42.0. The Morgan fingerprint density at radius 1 is 0.586 bits per heavy atom. The van der Waals surface area contributed by atoms with E-state index in [0.717, 1.165) is 12.1 Å². The molecule has 33 heteroatoms. The lowest BCUT2D eigenvalue weighted by molar-refractivity contribution is 0.301. The van der Waals surface area contributed by atoms with Gasteiger partial charge in [0, 0.05) is 25.2 Å². The van der Waals surface area contributed by atoms with E-state index in [1.54, 1.807) is 11.8 Å². The smallest absolute Gasteiger partial charge is 0.296 e. The lowest BCUT2D eigenvalue weighted by Gasteiger charge is -2.21. The number of hydrogen-bond acceptors (Lipinski definition) is 21. The van der Waals surface area contributed by atoms with Crippen LogP contribution in [0.2, 0.25) is 20.1 Å². The minimum atomic E-state index is -4.73. The largest absolute Gasteiger partial charge is 0.491 e. The Balaban J connectivity index is 1.57. The summed E-state index contributed by atoms with van der Waals surface area (Å²) in [6.45, 7) is 1.16. The second-order valence-corrected chi connectivity index (χ2v) is 21.5. The standard InChI is InChI=1S/C37H38Cl4N10O15S4/c1-2-51(9-10-52)37-45-35(42-29-17-25(40)27(19-31(29)65-11-3-13-67(53,54)55)49-47-21-5-7-23(38)33(15-21)69(59,60)61)44-36(46-37)43-30-18-26(41)28(20-32(30)66-12-4-14-68(56,57)58)50-48-22-6-8-24(39)34(16-22)70(62,63)64/h5-8,15-20,52H,2-4,9-14H2,1H3,(H,53,54,55)(H,56,57,58)(H,59,60,61)(H,62,63,64)(H2,42,43,44,45,46). The molecule has 0 aliphatic heterocycles. The van der Waals surface area contributed by atoms with Gasteiger partial charge in [0.05, 0.1) is 74.2 Å². The molecule has 0 saturated heterocycles. The number of nitrogens with one attached hydrogen (secondary N) is 2. The number of hydrogen-bond donors (Lipinski definition) is 7. The van der Waals surface area contributed by atoms with Crippen molar-refractivity contribution in [2.75, 3.05) is 59.9 Å². The summed E-state index contributed by atoms with van der Waals surface area (Å²) in [5, 5.41) is 31.1. The predicted octanol–water partition coefficient (Wildman–Crippen LogP) is 8.43. The van der Waals surface area contributed by atoms with Crippen molar-refractivity contribution < 1.29 is 66.5 Å². The molecule has 0 unspecified atom stereocenters. The minimum absolute atomic E-state index is 0.00437. The molecule has 0 aliphatic carbocycles. The molecule has 0 amide bonds. The number of azo groups is 2. The van der Waals surface area contributed by atoms with Crippen molar-refractivity contribution in [1.29, 1.82) is 0 Å². The van der Waals surface area contributed by atoms with E-state index < -0.39 is 61.8 Å². The normalized spacial score (nSPS) is 12.4. The molecule has 0 fully saturated rings. The summed E-state index contributed by atoms with van der Waals surface area (Å²) in [7, 11) is -18.2. The minimum Gasteiger partial charge on any atom is -0.491 e. The summed E-state index contributed by atoms with van der Waals surface area (Å²) in [6.07, 6.45) is -0.368. The molecule has 4 aromatic carbocycles. The van der Waals surface area contributed by atoms with Crippen LogP contribution in [0.15, 0.2) is 90.9 Å². The molecule has 0 radical (unpaired) electrons. The van der Waals surface area contributed by atoms with E-state index in [9.17, 15) is 57.0 Å². The van der Waals surface area contributed by atoms with Crippen LogP contribution in [-0.2, 0) is 40.5 Å². The van der Waals surface area contributed by atoms with Crippen LogP contribution in [0.25, 0.3) is 0 Å². The summed E-state index contributed by atoms with van der Waals surface area (Å²) in [5.74, 6) is -1.82. The second-order valence-electron chi connectivity index (χ2n) is 14.0. The Morgan fingerprint density at radius 3 is 1.36 bits per heavy atom. The van der Waals surface area contributed by atoms with Crippen molar-refractivity contribution >= 4 is 139 Å². The van der Waals surface area contributed by atoms with Crippen LogP contribution in [0.4, 0.5) is 52.0 Å². The third-order valence-electron chi connectivity index (χ3n) is 8.79. The highest BCUT2D eigenvalue weighted by molar-refractivity contribution is 7.86. The molecular formula is C37H38Cl4N10O15S4. The number of nitrogens with zero attached hydrogens (tertiary/aromatic N) is 8. The number of aliphatic hydroxyl groups is 1. The third kappa shape index (κ3) is 16.7. The molecule has 5 rings (SSSR count). The van der Waals surface area contributed by atoms with Gasteiger partial charge in [0.15, 0.2) is 0 Å². The number of aromatic nitrogens is 3. The van der Waals surface area contributed by atoms with Crippen molar-refractivity contribution in [2.24, 2.45) is 20.5 Å². The highest BCUT2D eigenvalue weighted by atomic mass is 35.5. The van der Waals surface area contributed by atoms with Gasteiger partial charge in [0.2, 0.25) is 17.8 Å². The Labute approximate surface area is 419 Å². The molecule has 0 spiro atoms. The van der Waals surface area contributed by atoms with Gasteiger partial charge in [-0.2, -0.15) is 58.9 Å². The number of halogens is 4. The summed E-state index contributed by atoms with van der Waals surface area (Å²) in [5.41, 5.74) is -0.135. The maximum absolute atomic E-state index is 11.8. The van der Waals surface area contributed by atoms with E-state index in [1.807, 2.05) is 0 Å². The zero-order chi connectivity index (χ0) is 51.6. The molecule has 70 heavy (non-hydrogen) atoms. The summed E-state index contributed by atoms with van der Waals surface area (Å²) >= 11 is 25.1. The van der Waals surface area contributed by atoms with Crippen LogP contribution in [-0.4, -0.2) is 116 Å². The van der Waals surface area contributed by atoms with E-state index in [1.165, 1.54) is 48.5 Å². The first kappa shape index (κ1) is 55.8. The van der Waals surface area contributed by atoms with Gasteiger partial charge >= 0.3 is 0 Å². The van der Waals surface area contributed by atoms with Gasteiger partial charge in [-0.15, -0.1) is 10.2 Å². The molecule has 0 bridgehead atoms. The molecule has 25 nitrogen and oxygen atoms in total. The fourth-order valence-electron chi connectivity index (χ4n) is 5.63. The first-order valence-corrected chi connectivity index (χ1v) is 27.2. The lowest BCUT2D eigenvalue weighted by atomic mass is 10.2. The Hall–Kier alpha value is -5.15. The van der Waals surface area contributed by atoms with Crippen LogP contribution in [0.1, 0.15) is 19.8 Å².